The average molecular weight is 313 g/mol. The maximum Gasteiger partial charge on any atom is 0.220 e. The number of halogens is 1. The van der Waals surface area contributed by atoms with Crippen LogP contribution in [0.15, 0.2) is 24.3 Å². The van der Waals surface area contributed by atoms with Gasteiger partial charge in [0.2, 0.25) is 5.91 Å². The summed E-state index contributed by atoms with van der Waals surface area (Å²) in [5, 5.41) is 6.44. The molecule has 1 atom stereocenters. The van der Waals surface area contributed by atoms with Crippen molar-refractivity contribution in [1.82, 2.24) is 10.6 Å². The van der Waals surface area contributed by atoms with Crippen molar-refractivity contribution in [3.63, 3.8) is 0 Å². The molecule has 1 amide bonds. The zero-order chi connectivity index (χ0) is 14.4. The van der Waals surface area contributed by atoms with Gasteiger partial charge in [-0.25, -0.2) is 0 Å². The molecule has 21 heavy (non-hydrogen) atoms. The predicted octanol–water partition coefficient (Wildman–Crippen LogP) is 2.48. The first-order chi connectivity index (χ1) is 9.70. The van der Waals surface area contributed by atoms with Crippen molar-refractivity contribution < 1.29 is 9.53 Å². The van der Waals surface area contributed by atoms with E-state index in [1.807, 2.05) is 24.3 Å². The third-order valence-corrected chi connectivity index (χ3v) is 3.87. The largest absolute Gasteiger partial charge is 0.496 e. The Hall–Kier alpha value is -1.26. The number of ether oxygens (including phenoxy) is 1. The third kappa shape index (κ3) is 5.21. The van der Waals surface area contributed by atoms with E-state index in [1.165, 1.54) is 0 Å². The third-order valence-electron chi connectivity index (χ3n) is 3.87. The van der Waals surface area contributed by atoms with Gasteiger partial charge in [0.05, 0.1) is 7.11 Å². The lowest BCUT2D eigenvalue weighted by Gasteiger charge is -2.24. The summed E-state index contributed by atoms with van der Waals surface area (Å²) in [4.78, 5) is 12.1. The van der Waals surface area contributed by atoms with Gasteiger partial charge in [-0.3, -0.25) is 4.79 Å². The van der Waals surface area contributed by atoms with Crippen molar-refractivity contribution in [1.29, 1.82) is 0 Å². The van der Waals surface area contributed by atoms with Gasteiger partial charge in [-0.05, 0) is 43.5 Å². The molecule has 1 aromatic carbocycles. The molecule has 1 heterocycles. The predicted molar refractivity (Wildman–Crippen MR) is 87.3 cm³/mol. The maximum absolute atomic E-state index is 12.1. The van der Waals surface area contributed by atoms with Gasteiger partial charge < -0.3 is 15.4 Å². The number of rotatable bonds is 5. The minimum atomic E-state index is 0. The van der Waals surface area contributed by atoms with Gasteiger partial charge in [0.15, 0.2) is 0 Å². The SMILES string of the molecule is COc1ccccc1C(C)CC(=O)NC1CCNCC1.Cl. The van der Waals surface area contributed by atoms with Crippen LogP contribution in [0.1, 0.15) is 37.7 Å². The lowest BCUT2D eigenvalue weighted by Crippen LogP contribution is -2.42. The van der Waals surface area contributed by atoms with Crippen LogP contribution in [0.25, 0.3) is 0 Å². The molecule has 4 nitrogen and oxygen atoms in total. The normalized spacial score (nSPS) is 16.7. The highest BCUT2D eigenvalue weighted by atomic mass is 35.5. The van der Waals surface area contributed by atoms with Crippen LogP contribution in [-0.4, -0.2) is 32.1 Å². The summed E-state index contributed by atoms with van der Waals surface area (Å²) < 4.78 is 5.36. The molecule has 0 radical (unpaired) electrons. The van der Waals surface area contributed by atoms with Crippen molar-refractivity contribution in [3.05, 3.63) is 29.8 Å². The lowest BCUT2D eigenvalue weighted by atomic mass is 9.96. The molecule has 1 saturated heterocycles. The highest BCUT2D eigenvalue weighted by molar-refractivity contribution is 5.85. The topological polar surface area (TPSA) is 50.4 Å². The zero-order valence-electron chi connectivity index (χ0n) is 12.7. The Bertz CT molecular complexity index is 448. The number of amides is 1. The van der Waals surface area contributed by atoms with E-state index in [1.54, 1.807) is 7.11 Å². The number of carbonyl (C=O) groups excluding carboxylic acids is 1. The van der Waals surface area contributed by atoms with Crippen LogP contribution in [0.5, 0.6) is 5.75 Å². The van der Waals surface area contributed by atoms with Crippen molar-refractivity contribution in [2.45, 2.75) is 38.1 Å². The molecular weight excluding hydrogens is 288 g/mol. The van der Waals surface area contributed by atoms with Gasteiger partial charge in [0.25, 0.3) is 0 Å². The number of hydrogen-bond acceptors (Lipinski definition) is 3. The summed E-state index contributed by atoms with van der Waals surface area (Å²) in [6, 6.07) is 8.23. The molecule has 1 fully saturated rings. The van der Waals surface area contributed by atoms with Gasteiger partial charge in [-0.15, -0.1) is 12.4 Å². The average Bonchev–Trinajstić information content (AvgIpc) is 2.48. The molecule has 1 aliphatic rings. The van der Waals surface area contributed by atoms with E-state index < -0.39 is 0 Å². The summed E-state index contributed by atoms with van der Waals surface area (Å²) in [7, 11) is 1.67. The number of hydrogen-bond donors (Lipinski definition) is 2. The summed E-state index contributed by atoms with van der Waals surface area (Å²) >= 11 is 0. The Morgan fingerprint density at radius 3 is 2.71 bits per heavy atom. The Labute approximate surface area is 133 Å². The monoisotopic (exact) mass is 312 g/mol. The summed E-state index contributed by atoms with van der Waals surface area (Å²) in [6.07, 6.45) is 2.55. The van der Waals surface area contributed by atoms with E-state index in [0.717, 1.165) is 37.2 Å². The molecule has 118 valence electrons. The second kappa shape index (κ2) is 8.90. The van der Waals surface area contributed by atoms with E-state index >= 15 is 0 Å². The van der Waals surface area contributed by atoms with Crippen molar-refractivity contribution in [2.24, 2.45) is 0 Å². The van der Waals surface area contributed by atoms with Crippen molar-refractivity contribution in [2.75, 3.05) is 20.2 Å². The summed E-state index contributed by atoms with van der Waals surface area (Å²) in [5.74, 6) is 1.15. The minimum Gasteiger partial charge on any atom is -0.496 e. The van der Waals surface area contributed by atoms with Gasteiger partial charge in [-0.1, -0.05) is 25.1 Å². The second-order valence-corrected chi connectivity index (χ2v) is 5.44. The Balaban J connectivity index is 0.00000220. The van der Waals surface area contributed by atoms with E-state index in [4.69, 9.17) is 4.74 Å². The Morgan fingerprint density at radius 1 is 1.38 bits per heavy atom. The number of nitrogens with one attached hydrogen (secondary N) is 2. The Kier molecular flexibility index (Phi) is 7.54. The van der Waals surface area contributed by atoms with Gasteiger partial charge >= 0.3 is 0 Å². The fourth-order valence-electron chi connectivity index (χ4n) is 2.71. The number of benzene rings is 1. The molecule has 0 aromatic heterocycles. The van der Waals surface area contributed by atoms with E-state index in [9.17, 15) is 4.79 Å². The van der Waals surface area contributed by atoms with Crippen LogP contribution >= 0.6 is 12.4 Å². The molecular formula is C16H25ClN2O2. The van der Waals surface area contributed by atoms with Gasteiger partial charge in [-0.2, -0.15) is 0 Å². The summed E-state index contributed by atoms with van der Waals surface area (Å²) in [6.45, 7) is 4.06. The molecule has 1 unspecified atom stereocenters. The van der Waals surface area contributed by atoms with Crippen molar-refractivity contribution >= 4 is 18.3 Å². The fourth-order valence-corrected chi connectivity index (χ4v) is 2.71. The molecule has 1 aromatic rings. The maximum atomic E-state index is 12.1. The number of carbonyl (C=O) groups is 1. The Morgan fingerprint density at radius 2 is 2.05 bits per heavy atom. The number of methoxy groups -OCH3 is 1. The van der Waals surface area contributed by atoms with E-state index in [-0.39, 0.29) is 24.2 Å². The molecule has 2 rings (SSSR count). The van der Waals surface area contributed by atoms with E-state index in [0.29, 0.717) is 12.5 Å². The fraction of sp³-hybridized carbons (Fsp3) is 0.562. The highest BCUT2D eigenvalue weighted by Crippen LogP contribution is 2.28. The van der Waals surface area contributed by atoms with Crippen LogP contribution in [0.3, 0.4) is 0 Å². The van der Waals surface area contributed by atoms with Gasteiger partial charge in [0, 0.05) is 12.5 Å². The van der Waals surface area contributed by atoms with E-state index in [2.05, 4.69) is 17.6 Å². The first-order valence-corrected chi connectivity index (χ1v) is 7.33. The second-order valence-electron chi connectivity index (χ2n) is 5.44. The molecule has 0 saturated carbocycles. The van der Waals surface area contributed by atoms with Gasteiger partial charge in [0.1, 0.15) is 5.75 Å². The lowest BCUT2D eigenvalue weighted by molar-refractivity contribution is -0.122. The van der Waals surface area contributed by atoms with Crippen LogP contribution in [0.2, 0.25) is 0 Å². The molecule has 1 aliphatic heterocycles. The van der Waals surface area contributed by atoms with Crippen LogP contribution < -0.4 is 15.4 Å². The van der Waals surface area contributed by atoms with Crippen LogP contribution in [-0.2, 0) is 4.79 Å². The first-order valence-electron chi connectivity index (χ1n) is 7.33. The molecule has 0 spiro atoms. The smallest absolute Gasteiger partial charge is 0.220 e. The molecule has 5 heteroatoms. The highest BCUT2D eigenvalue weighted by Gasteiger charge is 2.19. The first kappa shape index (κ1) is 17.8. The van der Waals surface area contributed by atoms with Crippen molar-refractivity contribution in [3.8, 4) is 5.75 Å². The zero-order valence-corrected chi connectivity index (χ0v) is 13.5. The molecule has 2 N–H and O–H groups in total. The van der Waals surface area contributed by atoms with Crippen LogP contribution in [0.4, 0.5) is 0 Å². The summed E-state index contributed by atoms with van der Waals surface area (Å²) in [5.41, 5.74) is 1.09. The molecule has 0 aliphatic carbocycles. The molecule has 0 bridgehead atoms. The minimum absolute atomic E-state index is 0. The standard InChI is InChI=1S/C16H24N2O2.ClH/c1-12(14-5-3-4-6-15(14)20-2)11-16(19)18-13-7-9-17-10-8-13;/h3-6,12-13,17H,7-11H2,1-2H3,(H,18,19);1H. The quantitative estimate of drug-likeness (QED) is 0.878. The number of para-hydroxylation sites is 1. The van der Waals surface area contributed by atoms with Crippen LogP contribution in [0, 0.1) is 0 Å². The number of piperidine rings is 1.